The number of benzene rings is 1. The van der Waals surface area contributed by atoms with E-state index < -0.39 is 9.84 Å². The molecule has 1 aromatic heterocycles. The number of aromatic nitrogens is 1. The third-order valence-electron chi connectivity index (χ3n) is 2.29. The number of hydrogen-bond donors (Lipinski definition) is 0. The van der Waals surface area contributed by atoms with E-state index in [1.54, 1.807) is 6.07 Å². The van der Waals surface area contributed by atoms with Gasteiger partial charge in [-0.25, -0.2) is 13.4 Å². The lowest BCUT2D eigenvalue weighted by atomic mass is 10.3. The predicted molar refractivity (Wildman–Crippen MR) is 66.5 cm³/mol. The second-order valence-corrected chi connectivity index (χ2v) is 5.78. The van der Waals surface area contributed by atoms with E-state index in [0.717, 1.165) is 0 Å². The zero-order valence-electron chi connectivity index (χ0n) is 9.08. The summed E-state index contributed by atoms with van der Waals surface area (Å²) in [6, 6.07) is 8.72. The van der Waals surface area contributed by atoms with Crippen LogP contribution in [0.3, 0.4) is 0 Å². The number of pyridine rings is 1. The van der Waals surface area contributed by atoms with Gasteiger partial charge >= 0.3 is 0 Å². The van der Waals surface area contributed by atoms with Gasteiger partial charge in [0.25, 0.3) is 0 Å². The highest BCUT2D eigenvalue weighted by Gasteiger charge is 2.22. The normalized spacial score (nSPS) is 11.2. The van der Waals surface area contributed by atoms with Crippen molar-refractivity contribution < 1.29 is 13.2 Å². The Balaban J connectivity index is 2.65. The fourth-order valence-corrected chi connectivity index (χ4v) is 3.11. The van der Waals surface area contributed by atoms with Crippen LogP contribution in [-0.4, -0.2) is 19.7 Å². The molecule has 2 aromatic rings. The summed E-state index contributed by atoms with van der Waals surface area (Å²) in [5, 5.41) is 0.0434. The molecule has 92 valence electrons. The minimum absolute atomic E-state index is 0.0109. The molecule has 0 N–H and O–H groups in total. The van der Waals surface area contributed by atoms with E-state index in [9.17, 15) is 13.2 Å². The van der Waals surface area contributed by atoms with Crippen LogP contribution >= 0.6 is 11.6 Å². The van der Waals surface area contributed by atoms with E-state index in [2.05, 4.69) is 4.98 Å². The topological polar surface area (TPSA) is 64.1 Å². The minimum Gasteiger partial charge on any atom is -0.298 e. The van der Waals surface area contributed by atoms with Gasteiger partial charge in [0.15, 0.2) is 11.3 Å². The molecule has 2 rings (SSSR count). The molecule has 0 radical (unpaired) electrons. The van der Waals surface area contributed by atoms with Crippen molar-refractivity contribution in [1.29, 1.82) is 0 Å². The van der Waals surface area contributed by atoms with E-state index >= 15 is 0 Å². The lowest BCUT2D eigenvalue weighted by Crippen LogP contribution is -2.07. The van der Waals surface area contributed by atoms with Crippen molar-refractivity contribution in [1.82, 2.24) is 4.98 Å². The highest BCUT2D eigenvalue weighted by Crippen LogP contribution is 2.23. The lowest BCUT2D eigenvalue weighted by molar-refractivity contribution is 0.112. The van der Waals surface area contributed by atoms with Crippen LogP contribution in [0.5, 0.6) is 0 Å². The van der Waals surface area contributed by atoms with Crippen LogP contribution in [0.1, 0.15) is 10.4 Å². The molecule has 6 heteroatoms. The van der Waals surface area contributed by atoms with E-state index in [-0.39, 0.29) is 15.5 Å². The summed E-state index contributed by atoms with van der Waals surface area (Å²) in [5.41, 5.74) is 0.0254. The Hall–Kier alpha value is -1.72. The largest absolute Gasteiger partial charge is 0.298 e. The van der Waals surface area contributed by atoms with Gasteiger partial charge in [-0.1, -0.05) is 17.7 Å². The van der Waals surface area contributed by atoms with Crippen LogP contribution in [0.2, 0.25) is 5.02 Å². The third-order valence-corrected chi connectivity index (χ3v) is 4.25. The fraction of sp³-hybridized carbons (Fsp3) is 0. The number of carbonyl (C=O) groups excluding carboxylic acids is 1. The first-order valence-corrected chi connectivity index (χ1v) is 6.82. The SMILES string of the molecule is O=Cc1cccnc1S(=O)(=O)c1cccc(Cl)c1. The van der Waals surface area contributed by atoms with Gasteiger partial charge in [0, 0.05) is 11.2 Å². The Labute approximate surface area is 109 Å². The molecule has 0 atom stereocenters. The van der Waals surface area contributed by atoms with Crippen molar-refractivity contribution in [2.45, 2.75) is 9.92 Å². The van der Waals surface area contributed by atoms with Crippen LogP contribution in [-0.2, 0) is 9.84 Å². The van der Waals surface area contributed by atoms with Gasteiger partial charge in [-0.15, -0.1) is 0 Å². The maximum atomic E-state index is 12.3. The Kier molecular flexibility index (Phi) is 3.45. The van der Waals surface area contributed by atoms with Crippen molar-refractivity contribution in [3.05, 3.63) is 53.2 Å². The highest BCUT2D eigenvalue weighted by molar-refractivity contribution is 7.91. The second-order valence-electron chi connectivity index (χ2n) is 3.48. The summed E-state index contributed by atoms with van der Waals surface area (Å²) in [5.74, 6) is 0. The molecule has 0 aliphatic rings. The van der Waals surface area contributed by atoms with Crippen molar-refractivity contribution in [2.24, 2.45) is 0 Å². The summed E-state index contributed by atoms with van der Waals surface area (Å²) in [4.78, 5) is 14.6. The first-order valence-electron chi connectivity index (χ1n) is 4.96. The summed E-state index contributed by atoms with van der Waals surface area (Å²) < 4.78 is 24.6. The summed E-state index contributed by atoms with van der Waals surface area (Å²) in [6.07, 6.45) is 1.79. The smallest absolute Gasteiger partial charge is 0.224 e. The van der Waals surface area contributed by atoms with E-state index in [1.165, 1.54) is 36.5 Å². The molecule has 1 aromatic carbocycles. The minimum atomic E-state index is -3.83. The van der Waals surface area contributed by atoms with E-state index in [4.69, 9.17) is 11.6 Å². The van der Waals surface area contributed by atoms with Crippen molar-refractivity contribution in [2.75, 3.05) is 0 Å². The Morgan fingerprint density at radius 2 is 1.94 bits per heavy atom. The first-order chi connectivity index (χ1) is 8.55. The monoisotopic (exact) mass is 281 g/mol. The quantitative estimate of drug-likeness (QED) is 0.810. The van der Waals surface area contributed by atoms with Gasteiger partial charge < -0.3 is 0 Å². The molecule has 0 fully saturated rings. The van der Waals surface area contributed by atoms with Crippen molar-refractivity contribution >= 4 is 27.7 Å². The molecular weight excluding hydrogens is 274 g/mol. The van der Waals surface area contributed by atoms with Crippen molar-refractivity contribution in [3.8, 4) is 0 Å². The molecule has 0 saturated heterocycles. The molecule has 0 unspecified atom stereocenters. The van der Waals surface area contributed by atoms with Gasteiger partial charge in [0.05, 0.1) is 10.5 Å². The number of carbonyl (C=O) groups is 1. The molecule has 1 heterocycles. The van der Waals surface area contributed by atoms with Gasteiger partial charge in [-0.05, 0) is 30.3 Å². The molecule has 0 spiro atoms. The molecular formula is C12H8ClNO3S. The van der Waals surface area contributed by atoms with Gasteiger partial charge in [0.1, 0.15) is 0 Å². The number of hydrogen-bond acceptors (Lipinski definition) is 4. The van der Waals surface area contributed by atoms with Crippen LogP contribution in [0.4, 0.5) is 0 Å². The Bertz CT molecular complexity index is 698. The molecule has 18 heavy (non-hydrogen) atoms. The maximum Gasteiger partial charge on any atom is 0.224 e. The zero-order valence-corrected chi connectivity index (χ0v) is 10.6. The van der Waals surface area contributed by atoms with Gasteiger partial charge in [0.2, 0.25) is 9.84 Å². The molecule has 0 aliphatic heterocycles. The molecule has 4 nitrogen and oxygen atoms in total. The molecule has 0 saturated carbocycles. The maximum absolute atomic E-state index is 12.3. The summed E-state index contributed by atoms with van der Waals surface area (Å²) in [6.45, 7) is 0. The highest BCUT2D eigenvalue weighted by atomic mass is 35.5. The average molecular weight is 282 g/mol. The lowest BCUT2D eigenvalue weighted by Gasteiger charge is -2.05. The van der Waals surface area contributed by atoms with E-state index in [0.29, 0.717) is 11.3 Å². The second kappa shape index (κ2) is 4.88. The van der Waals surface area contributed by atoms with E-state index in [1.807, 2.05) is 0 Å². The summed E-state index contributed by atoms with van der Waals surface area (Å²) >= 11 is 5.76. The summed E-state index contributed by atoms with van der Waals surface area (Å²) in [7, 11) is -3.83. The molecule has 0 amide bonds. The Morgan fingerprint density at radius 1 is 1.17 bits per heavy atom. The van der Waals surface area contributed by atoms with Crippen molar-refractivity contribution in [3.63, 3.8) is 0 Å². The number of aldehydes is 1. The van der Waals surface area contributed by atoms with Crippen LogP contribution in [0.25, 0.3) is 0 Å². The van der Waals surface area contributed by atoms with Gasteiger partial charge in [-0.3, -0.25) is 4.79 Å². The number of sulfone groups is 1. The number of halogens is 1. The average Bonchev–Trinajstić information content (AvgIpc) is 2.38. The van der Waals surface area contributed by atoms with Crippen LogP contribution < -0.4 is 0 Å². The number of rotatable bonds is 3. The predicted octanol–water partition coefficient (Wildman–Crippen LogP) is 2.38. The Morgan fingerprint density at radius 3 is 2.61 bits per heavy atom. The number of nitrogens with zero attached hydrogens (tertiary/aromatic N) is 1. The van der Waals surface area contributed by atoms with Crippen LogP contribution in [0, 0.1) is 0 Å². The zero-order chi connectivity index (χ0) is 13.2. The first kappa shape index (κ1) is 12.7. The standard InChI is InChI=1S/C12H8ClNO3S/c13-10-4-1-5-11(7-10)18(16,17)12-9(8-15)3-2-6-14-12/h1-8H. The van der Waals surface area contributed by atoms with Crippen LogP contribution in [0.15, 0.2) is 52.5 Å². The molecule has 0 aliphatic carbocycles. The fourth-order valence-electron chi connectivity index (χ4n) is 1.46. The molecule has 0 bridgehead atoms. The third kappa shape index (κ3) is 2.27. The van der Waals surface area contributed by atoms with Gasteiger partial charge in [-0.2, -0.15) is 0 Å².